The molecule has 0 bridgehead atoms. The van der Waals surface area contributed by atoms with E-state index >= 15 is 0 Å². The summed E-state index contributed by atoms with van der Waals surface area (Å²) >= 11 is 0. The minimum atomic E-state index is -0.203. The van der Waals surface area contributed by atoms with Crippen LogP contribution in [0.3, 0.4) is 0 Å². The maximum Gasteiger partial charge on any atom is 0.243 e. The van der Waals surface area contributed by atoms with E-state index in [1.165, 1.54) is 4.90 Å². The minimum Gasteiger partial charge on any atom is -0.497 e. The number of carbonyl (C=O) groups is 2. The van der Waals surface area contributed by atoms with Gasteiger partial charge in [0.2, 0.25) is 11.8 Å². The Labute approximate surface area is 190 Å². The lowest BCUT2D eigenvalue weighted by Gasteiger charge is -2.28. The lowest BCUT2D eigenvalue weighted by Crippen LogP contribution is -2.41. The summed E-state index contributed by atoms with van der Waals surface area (Å²) in [6, 6.07) is 11.7. The van der Waals surface area contributed by atoms with Crippen LogP contribution in [0.15, 0.2) is 36.4 Å². The van der Waals surface area contributed by atoms with Crippen LogP contribution in [-0.2, 0) is 9.59 Å². The van der Waals surface area contributed by atoms with E-state index in [1.54, 1.807) is 21.3 Å². The van der Waals surface area contributed by atoms with Gasteiger partial charge in [-0.3, -0.25) is 14.5 Å². The molecule has 0 aromatic heterocycles. The number of rotatable bonds is 8. The predicted molar refractivity (Wildman–Crippen MR) is 125 cm³/mol. The first kappa shape index (κ1) is 23.6. The van der Waals surface area contributed by atoms with Crippen LogP contribution in [0.25, 0.3) is 0 Å². The third-order valence-corrected chi connectivity index (χ3v) is 6.05. The number of hydrogen-bond acceptors (Lipinski definition) is 5. The summed E-state index contributed by atoms with van der Waals surface area (Å²) in [5.74, 6) is 1.26. The Kier molecular flexibility index (Phi) is 7.75. The maximum atomic E-state index is 12.9. The SMILES string of the molecule is COc1ccc(OC)c(C2CCCN2CC(=O)N(C)CC(=O)Nc2c(C)cccc2C)c1. The van der Waals surface area contributed by atoms with E-state index in [0.29, 0.717) is 0 Å². The quantitative estimate of drug-likeness (QED) is 0.681. The molecule has 1 aliphatic heterocycles. The molecule has 32 heavy (non-hydrogen) atoms. The second kappa shape index (κ2) is 10.5. The van der Waals surface area contributed by atoms with Crippen LogP contribution in [0.5, 0.6) is 11.5 Å². The van der Waals surface area contributed by atoms with Gasteiger partial charge in [0.1, 0.15) is 11.5 Å². The van der Waals surface area contributed by atoms with Crippen molar-refractivity contribution in [3.05, 3.63) is 53.1 Å². The first-order valence-electron chi connectivity index (χ1n) is 10.9. The Bertz CT molecular complexity index is 955. The highest BCUT2D eigenvalue weighted by Gasteiger charge is 2.31. The molecule has 1 N–H and O–H groups in total. The van der Waals surface area contributed by atoms with Crippen molar-refractivity contribution in [1.29, 1.82) is 0 Å². The van der Waals surface area contributed by atoms with Crippen molar-refractivity contribution in [3.63, 3.8) is 0 Å². The number of anilines is 1. The lowest BCUT2D eigenvalue weighted by molar-refractivity contribution is -0.134. The van der Waals surface area contributed by atoms with E-state index in [4.69, 9.17) is 9.47 Å². The van der Waals surface area contributed by atoms with Crippen molar-refractivity contribution in [1.82, 2.24) is 9.80 Å². The zero-order chi connectivity index (χ0) is 23.3. The molecule has 1 heterocycles. The number of nitrogens with one attached hydrogen (secondary N) is 1. The lowest BCUT2D eigenvalue weighted by atomic mass is 10.0. The minimum absolute atomic E-state index is 0.00753. The molecule has 7 nitrogen and oxygen atoms in total. The fourth-order valence-electron chi connectivity index (χ4n) is 4.26. The number of para-hydroxylation sites is 1. The molecule has 0 spiro atoms. The third-order valence-electron chi connectivity index (χ3n) is 6.05. The Morgan fingerprint density at radius 2 is 1.84 bits per heavy atom. The smallest absolute Gasteiger partial charge is 0.243 e. The molecule has 2 amide bonds. The fraction of sp³-hybridized carbons (Fsp3) is 0.440. The number of carbonyl (C=O) groups excluding carboxylic acids is 2. The normalized spacial score (nSPS) is 16.0. The van der Waals surface area contributed by atoms with E-state index in [0.717, 1.165) is 53.3 Å². The molecule has 7 heteroatoms. The number of aryl methyl sites for hydroxylation is 2. The van der Waals surface area contributed by atoms with Crippen molar-refractivity contribution < 1.29 is 19.1 Å². The molecule has 1 saturated heterocycles. The largest absolute Gasteiger partial charge is 0.497 e. The summed E-state index contributed by atoms with van der Waals surface area (Å²) in [6.07, 6.45) is 1.93. The van der Waals surface area contributed by atoms with Crippen LogP contribution in [0.2, 0.25) is 0 Å². The highest BCUT2D eigenvalue weighted by molar-refractivity contribution is 5.95. The number of likely N-dealkylation sites (N-methyl/N-ethyl adjacent to an activating group) is 1. The average molecular weight is 440 g/mol. The van der Waals surface area contributed by atoms with E-state index in [9.17, 15) is 9.59 Å². The van der Waals surface area contributed by atoms with Crippen molar-refractivity contribution in [3.8, 4) is 11.5 Å². The van der Waals surface area contributed by atoms with Gasteiger partial charge in [0.05, 0.1) is 27.3 Å². The molecule has 1 aliphatic rings. The van der Waals surface area contributed by atoms with Gasteiger partial charge in [-0.05, 0) is 62.6 Å². The molecule has 3 rings (SSSR count). The highest BCUT2D eigenvalue weighted by Crippen LogP contribution is 2.38. The molecule has 172 valence electrons. The Balaban J connectivity index is 1.64. The van der Waals surface area contributed by atoms with Crippen LogP contribution in [0.1, 0.15) is 35.6 Å². The number of likely N-dealkylation sites (tertiary alicyclic amines) is 1. The van der Waals surface area contributed by atoms with Gasteiger partial charge in [0.15, 0.2) is 0 Å². The number of benzene rings is 2. The van der Waals surface area contributed by atoms with Gasteiger partial charge in [-0.25, -0.2) is 0 Å². The molecule has 1 fully saturated rings. The Hall–Kier alpha value is -3.06. The summed E-state index contributed by atoms with van der Waals surface area (Å²) in [5, 5.41) is 2.94. The first-order valence-corrected chi connectivity index (χ1v) is 10.9. The molecule has 1 unspecified atom stereocenters. The topological polar surface area (TPSA) is 71.1 Å². The van der Waals surface area contributed by atoms with E-state index in [2.05, 4.69) is 10.2 Å². The molecule has 2 aromatic rings. The number of hydrogen-bond donors (Lipinski definition) is 1. The number of ether oxygens (including phenoxy) is 2. The van der Waals surface area contributed by atoms with Crippen LogP contribution < -0.4 is 14.8 Å². The summed E-state index contributed by atoms with van der Waals surface area (Å²) < 4.78 is 10.9. The standard InChI is InChI=1S/C25H33N3O4/c1-17-8-6-9-18(2)25(17)26-23(29)15-27(3)24(30)16-28-13-7-10-21(28)20-14-19(31-4)11-12-22(20)32-5/h6,8-9,11-12,14,21H,7,10,13,15-16H2,1-5H3,(H,26,29). The molecular weight excluding hydrogens is 406 g/mol. The van der Waals surface area contributed by atoms with Crippen LogP contribution in [0, 0.1) is 13.8 Å². The third kappa shape index (κ3) is 5.40. The van der Waals surface area contributed by atoms with Crippen molar-refractivity contribution in [2.75, 3.05) is 46.2 Å². The van der Waals surface area contributed by atoms with Gasteiger partial charge in [-0.15, -0.1) is 0 Å². The van der Waals surface area contributed by atoms with Gasteiger partial charge >= 0.3 is 0 Å². The Morgan fingerprint density at radius 3 is 2.50 bits per heavy atom. The summed E-state index contributed by atoms with van der Waals surface area (Å²) in [4.78, 5) is 29.1. The number of amides is 2. The van der Waals surface area contributed by atoms with Gasteiger partial charge in [0, 0.05) is 24.3 Å². The van der Waals surface area contributed by atoms with Crippen LogP contribution >= 0.6 is 0 Å². The summed E-state index contributed by atoms with van der Waals surface area (Å²) in [6.45, 7) is 4.99. The van der Waals surface area contributed by atoms with Gasteiger partial charge in [0.25, 0.3) is 0 Å². The number of nitrogens with zero attached hydrogens (tertiary/aromatic N) is 2. The average Bonchev–Trinajstić information content (AvgIpc) is 3.23. The molecular formula is C25H33N3O4. The molecule has 2 aromatic carbocycles. The van der Waals surface area contributed by atoms with Crippen molar-refractivity contribution in [2.45, 2.75) is 32.7 Å². The van der Waals surface area contributed by atoms with Gasteiger partial charge < -0.3 is 19.7 Å². The van der Waals surface area contributed by atoms with Crippen LogP contribution in [-0.4, -0.2) is 62.5 Å². The zero-order valence-electron chi connectivity index (χ0n) is 19.6. The number of methoxy groups -OCH3 is 2. The van der Waals surface area contributed by atoms with Gasteiger partial charge in [-0.1, -0.05) is 18.2 Å². The fourth-order valence-corrected chi connectivity index (χ4v) is 4.26. The monoisotopic (exact) mass is 439 g/mol. The Morgan fingerprint density at radius 1 is 1.12 bits per heavy atom. The molecule has 0 aliphatic carbocycles. The van der Waals surface area contributed by atoms with E-state index in [-0.39, 0.29) is 30.9 Å². The van der Waals surface area contributed by atoms with Gasteiger partial charge in [-0.2, -0.15) is 0 Å². The maximum absolute atomic E-state index is 12.9. The van der Waals surface area contributed by atoms with Crippen molar-refractivity contribution in [2.24, 2.45) is 0 Å². The zero-order valence-corrected chi connectivity index (χ0v) is 19.6. The van der Waals surface area contributed by atoms with Crippen molar-refractivity contribution >= 4 is 17.5 Å². The van der Waals surface area contributed by atoms with Crippen LogP contribution in [0.4, 0.5) is 5.69 Å². The molecule has 1 atom stereocenters. The predicted octanol–water partition coefficient (Wildman–Crippen LogP) is 3.55. The summed E-state index contributed by atoms with van der Waals surface area (Å²) in [7, 11) is 4.96. The first-order chi connectivity index (χ1) is 15.3. The summed E-state index contributed by atoms with van der Waals surface area (Å²) in [5.41, 5.74) is 3.83. The van der Waals surface area contributed by atoms with E-state index in [1.807, 2.05) is 50.2 Å². The second-order valence-corrected chi connectivity index (χ2v) is 8.30. The molecule has 0 saturated carbocycles. The highest BCUT2D eigenvalue weighted by atomic mass is 16.5. The van der Waals surface area contributed by atoms with E-state index < -0.39 is 0 Å². The molecule has 0 radical (unpaired) electrons. The second-order valence-electron chi connectivity index (χ2n) is 8.30.